The van der Waals surface area contributed by atoms with Gasteiger partial charge >= 0.3 is 0 Å². The zero-order valence-corrected chi connectivity index (χ0v) is 11.5. The van der Waals surface area contributed by atoms with Crippen LogP contribution in [0.2, 0.25) is 0 Å². The second-order valence-electron chi connectivity index (χ2n) is 6.30. The summed E-state index contributed by atoms with van der Waals surface area (Å²) in [6, 6.07) is 6.31. The summed E-state index contributed by atoms with van der Waals surface area (Å²) in [5.41, 5.74) is 1.87. The highest BCUT2D eigenvalue weighted by atomic mass is 16.5. The molecule has 1 fully saturated rings. The van der Waals surface area contributed by atoms with Crippen LogP contribution in [0.1, 0.15) is 50.7 Å². The van der Waals surface area contributed by atoms with E-state index in [9.17, 15) is 4.79 Å². The molecule has 0 unspecified atom stereocenters. The molecule has 1 aliphatic carbocycles. The Morgan fingerprint density at radius 1 is 1.26 bits per heavy atom. The predicted molar refractivity (Wildman–Crippen MR) is 73.1 cm³/mol. The first-order valence-electron chi connectivity index (χ1n) is 6.96. The molecule has 0 amide bonds. The van der Waals surface area contributed by atoms with Gasteiger partial charge in [-0.2, -0.15) is 4.99 Å². The summed E-state index contributed by atoms with van der Waals surface area (Å²) < 4.78 is 5.98. The number of rotatable bonds is 2. The highest BCUT2D eigenvalue weighted by molar-refractivity contribution is 5.46. The summed E-state index contributed by atoms with van der Waals surface area (Å²) in [7, 11) is 0. The molecule has 0 N–H and O–H groups in total. The van der Waals surface area contributed by atoms with E-state index in [2.05, 4.69) is 37.0 Å². The highest BCUT2D eigenvalue weighted by Crippen LogP contribution is 2.45. The van der Waals surface area contributed by atoms with Crippen molar-refractivity contribution in [2.45, 2.75) is 57.1 Å². The zero-order valence-electron chi connectivity index (χ0n) is 11.5. The van der Waals surface area contributed by atoms with Gasteiger partial charge in [0.15, 0.2) is 0 Å². The number of aliphatic imine (C=N–C) groups is 1. The van der Waals surface area contributed by atoms with Gasteiger partial charge in [0.1, 0.15) is 11.4 Å². The molecule has 19 heavy (non-hydrogen) atoms. The fourth-order valence-corrected chi connectivity index (χ4v) is 3.39. The number of nitrogens with zero attached hydrogens (tertiary/aromatic N) is 1. The SMILES string of the molecule is CC1(C)Cc2ccc(C3(N=C=O)CCCC3)cc2O1. The molecular formula is C16H19NO2. The van der Waals surface area contributed by atoms with Gasteiger partial charge in [0.25, 0.3) is 0 Å². The lowest BCUT2D eigenvalue weighted by molar-refractivity contribution is 0.138. The number of ether oxygens (including phenoxy) is 1. The van der Waals surface area contributed by atoms with Crippen molar-refractivity contribution in [3.8, 4) is 5.75 Å². The molecule has 0 bridgehead atoms. The van der Waals surface area contributed by atoms with E-state index in [1.54, 1.807) is 6.08 Å². The largest absolute Gasteiger partial charge is 0.487 e. The standard InChI is InChI=1S/C16H19NO2/c1-15(2)10-12-5-6-13(9-14(12)19-15)16(17-11-18)7-3-4-8-16/h5-6,9H,3-4,7-8,10H2,1-2H3. The van der Waals surface area contributed by atoms with Crippen LogP contribution in [-0.2, 0) is 16.8 Å². The van der Waals surface area contributed by atoms with Gasteiger partial charge in [0.05, 0.1) is 5.54 Å². The average Bonchev–Trinajstić information content (AvgIpc) is 2.91. The van der Waals surface area contributed by atoms with E-state index in [1.165, 1.54) is 5.56 Å². The lowest BCUT2D eigenvalue weighted by atomic mass is 9.88. The van der Waals surface area contributed by atoms with Gasteiger partial charge in [-0.05, 0) is 43.9 Å². The molecule has 3 nitrogen and oxygen atoms in total. The van der Waals surface area contributed by atoms with Crippen LogP contribution in [0.3, 0.4) is 0 Å². The lowest BCUT2D eigenvalue weighted by Crippen LogP contribution is -2.24. The van der Waals surface area contributed by atoms with E-state index in [1.807, 2.05) is 0 Å². The molecule has 1 aromatic carbocycles. The van der Waals surface area contributed by atoms with E-state index in [0.29, 0.717) is 0 Å². The molecule has 0 radical (unpaired) electrons. The van der Waals surface area contributed by atoms with E-state index in [-0.39, 0.29) is 11.1 Å². The Labute approximate surface area is 113 Å². The third kappa shape index (κ3) is 2.08. The van der Waals surface area contributed by atoms with Crippen molar-refractivity contribution in [3.05, 3.63) is 29.3 Å². The van der Waals surface area contributed by atoms with Crippen molar-refractivity contribution < 1.29 is 9.53 Å². The molecular weight excluding hydrogens is 238 g/mol. The summed E-state index contributed by atoms with van der Waals surface area (Å²) >= 11 is 0. The van der Waals surface area contributed by atoms with Gasteiger partial charge in [-0.3, -0.25) is 0 Å². The van der Waals surface area contributed by atoms with Gasteiger partial charge in [0.2, 0.25) is 6.08 Å². The van der Waals surface area contributed by atoms with Crippen molar-refractivity contribution >= 4 is 6.08 Å². The molecule has 3 rings (SSSR count). The maximum absolute atomic E-state index is 10.8. The topological polar surface area (TPSA) is 38.7 Å². The van der Waals surface area contributed by atoms with Crippen LogP contribution in [0.15, 0.2) is 23.2 Å². The molecule has 100 valence electrons. The van der Waals surface area contributed by atoms with Gasteiger partial charge < -0.3 is 4.74 Å². The molecule has 0 atom stereocenters. The minimum absolute atomic E-state index is 0.127. The Balaban J connectivity index is 2.01. The number of carbonyl (C=O) groups excluding carboxylic acids is 1. The van der Waals surface area contributed by atoms with Crippen molar-refractivity contribution in [3.63, 3.8) is 0 Å². The van der Waals surface area contributed by atoms with Crippen LogP contribution in [0.25, 0.3) is 0 Å². The minimum atomic E-state index is -0.354. The molecule has 1 aliphatic heterocycles. The van der Waals surface area contributed by atoms with E-state index < -0.39 is 0 Å². The molecule has 3 heteroatoms. The van der Waals surface area contributed by atoms with Crippen molar-refractivity contribution in [2.24, 2.45) is 4.99 Å². The third-order valence-corrected chi connectivity index (χ3v) is 4.30. The Bertz CT molecular complexity index is 550. The number of fused-ring (bicyclic) bond motifs is 1. The summed E-state index contributed by atoms with van der Waals surface area (Å²) in [4.78, 5) is 14.9. The van der Waals surface area contributed by atoms with Crippen molar-refractivity contribution in [2.75, 3.05) is 0 Å². The van der Waals surface area contributed by atoms with Gasteiger partial charge in [-0.15, -0.1) is 0 Å². The third-order valence-electron chi connectivity index (χ3n) is 4.30. The van der Waals surface area contributed by atoms with Crippen LogP contribution in [0, 0.1) is 0 Å². The van der Waals surface area contributed by atoms with E-state index in [4.69, 9.17) is 4.74 Å². The first-order valence-corrected chi connectivity index (χ1v) is 6.96. The average molecular weight is 257 g/mol. The second kappa shape index (κ2) is 4.21. The Morgan fingerprint density at radius 3 is 2.68 bits per heavy atom. The summed E-state index contributed by atoms with van der Waals surface area (Å²) in [6.45, 7) is 4.20. The maximum atomic E-state index is 10.8. The van der Waals surface area contributed by atoms with Crippen LogP contribution in [0.5, 0.6) is 5.75 Å². The molecule has 0 saturated heterocycles. The molecule has 1 heterocycles. The molecule has 0 aromatic heterocycles. The minimum Gasteiger partial charge on any atom is -0.487 e. The van der Waals surface area contributed by atoms with Crippen LogP contribution in [0.4, 0.5) is 0 Å². The summed E-state index contributed by atoms with van der Waals surface area (Å²) in [5.74, 6) is 0.954. The summed E-state index contributed by atoms with van der Waals surface area (Å²) in [6.07, 6.45) is 6.81. The number of hydrogen-bond acceptors (Lipinski definition) is 3. The Kier molecular flexibility index (Phi) is 2.75. The first-order chi connectivity index (χ1) is 9.05. The second-order valence-corrected chi connectivity index (χ2v) is 6.30. The molecule has 1 saturated carbocycles. The number of hydrogen-bond donors (Lipinski definition) is 0. The molecule has 2 aliphatic rings. The fraction of sp³-hybridized carbons (Fsp3) is 0.562. The molecule has 1 aromatic rings. The van der Waals surface area contributed by atoms with Crippen molar-refractivity contribution in [1.29, 1.82) is 0 Å². The normalized spacial score (nSPS) is 22.4. The van der Waals surface area contributed by atoms with Crippen LogP contribution in [-0.4, -0.2) is 11.7 Å². The van der Waals surface area contributed by atoms with Crippen molar-refractivity contribution in [1.82, 2.24) is 0 Å². The highest BCUT2D eigenvalue weighted by Gasteiger charge is 2.38. The van der Waals surface area contributed by atoms with Crippen LogP contribution < -0.4 is 4.74 Å². The summed E-state index contributed by atoms with van der Waals surface area (Å²) in [5, 5.41) is 0. The quantitative estimate of drug-likeness (QED) is 0.600. The monoisotopic (exact) mass is 257 g/mol. The number of benzene rings is 1. The van der Waals surface area contributed by atoms with E-state index >= 15 is 0 Å². The first kappa shape index (κ1) is 12.4. The lowest BCUT2D eigenvalue weighted by Gasteiger charge is -2.23. The maximum Gasteiger partial charge on any atom is 0.235 e. The van der Waals surface area contributed by atoms with Gasteiger partial charge in [-0.1, -0.05) is 25.0 Å². The van der Waals surface area contributed by atoms with E-state index in [0.717, 1.165) is 43.4 Å². The Hall–Kier alpha value is -1.60. The molecule has 0 spiro atoms. The predicted octanol–water partition coefficient (Wildman–Crippen LogP) is 3.51. The Morgan fingerprint density at radius 2 is 2.00 bits per heavy atom. The van der Waals surface area contributed by atoms with Gasteiger partial charge in [-0.25, -0.2) is 4.79 Å². The van der Waals surface area contributed by atoms with Gasteiger partial charge in [0, 0.05) is 6.42 Å². The zero-order chi connectivity index (χ0) is 13.5. The number of isocyanates is 1. The smallest absolute Gasteiger partial charge is 0.235 e. The fourth-order valence-electron chi connectivity index (χ4n) is 3.39. The van der Waals surface area contributed by atoms with Crippen LogP contribution >= 0.6 is 0 Å².